The number of carbonyl (C=O) groups excluding carboxylic acids is 1. The van der Waals surface area contributed by atoms with E-state index in [4.69, 9.17) is 4.74 Å². The second-order valence-electron chi connectivity index (χ2n) is 5.59. The number of rotatable bonds is 5. The molecule has 2 rings (SSSR count). The molecule has 1 atom stereocenters. The zero-order valence-corrected chi connectivity index (χ0v) is 14.2. The first-order valence-corrected chi connectivity index (χ1v) is 7.77. The molecule has 0 spiro atoms. The standard InChI is InChI=1S/C16H21F3N2O2.ClH/c1-2-8-23-14-6-5-12(16(17,18)19)9-13(14)21-15(22)11-4-3-7-20-10-11;/h5-6,9,11,20H,2-4,7-8,10H2,1H3,(H,21,22);1H. The monoisotopic (exact) mass is 366 g/mol. The van der Waals surface area contributed by atoms with Gasteiger partial charge in [0.25, 0.3) is 0 Å². The maximum atomic E-state index is 12.9. The molecule has 24 heavy (non-hydrogen) atoms. The molecular weight excluding hydrogens is 345 g/mol. The van der Waals surface area contributed by atoms with Crippen molar-refractivity contribution >= 4 is 24.0 Å². The highest BCUT2D eigenvalue weighted by Crippen LogP contribution is 2.35. The van der Waals surface area contributed by atoms with Crippen LogP contribution in [0.5, 0.6) is 5.75 Å². The number of benzene rings is 1. The summed E-state index contributed by atoms with van der Waals surface area (Å²) in [5.74, 6) is -0.257. The maximum Gasteiger partial charge on any atom is 0.416 e. The van der Waals surface area contributed by atoms with Crippen LogP contribution in [0.4, 0.5) is 18.9 Å². The predicted octanol–water partition coefficient (Wildman–Crippen LogP) is 3.85. The minimum absolute atomic E-state index is 0. The van der Waals surface area contributed by atoms with Gasteiger partial charge in [0, 0.05) is 6.54 Å². The molecule has 0 aromatic heterocycles. The van der Waals surface area contributed by atoms with Gasteiger partial charge in [0.1, 0.15) is 5.75 Å². The number of hydrogen-bond acceptors (Lipinski definition) is 3. The number of carbonyl (C=O) groups is 1. The Bertz CT molecular complexity index is 547. The van der Waals surface area contributed by atoms with Crippen LogP contribution < -0.4 is 15.4 Å². The van der Waals surface area contributed by atoms with Gasteiger partial charge in [-0.1, -0.05) is 6.92 Å². The van der Waals surface area contributed by atoms with Gasteiger partial charge in [0.15, 0.2) is 0 Å². The summed E-state index contributed by atoms with van der Waals surface area (Å²) >= 11 is 0. The Hall–Kier alpha value is -1.47. The molecule has 1 heterocycles. The summed E-state index contributed by atoms with van der Waals surface area (Å²) in [6, 6.07) is 3.15. The van der Waals surface area contributed by atoms with E-state index in [1.807, 2.05) is 6.92 Å². The van der Waals surface area contributed by atoms with E-state index in [9.17, 15) is 18.0 Å². The van der Waals surface area contributed by atoms with Crippen LogP contribution >= 0.6 is 12.4 Å². The van der Waals surface area contributed by atoms with Crippen molar-refractivity contribution in [3.63, 3.8) is 0 Å². The molecule has 1 unspecified atom stereocenters. The average molecular weight is 367 g/mol. The lowest BCUT2D eigenvalue weighted by atomic mass is 9.98. The Kier molecular flexibility index (Phi) is 7.83. The van der Waals surface area contributed by atoms with Gasteiger partial charge in [-0.15, -0.1) is 12.4 Å². The molecule has 1 aromatic carbocycles. The molecule has 136 valence electrons. The van der Waals surface area contributed by atoms with Crippen LogP contribution in [0.1, 0.15) is 31.7 Å². The van der Waals surface area contributed by atoms with Crippen molar-refractivity contribution in [2.45, 2.75) is 32.4 Å². The molecule has 0 saturated carbocycles. The quantitative estimate of drug-likeness (QED) is 0.832. The number of hydrogen-bond donors (Lipinski definition) is 2. The minimum atomic E-state index is -4.46. The first-order chi connectivity index (χ1) is 10.9. The Balaban J connectivity index is 0.00000288. The summed E-state index contributed by atoms with van der Waals surface area (Å²) in [7, 11) is 0. The second kappa shape index (κ2) is 9.13. The van der Waals surface area contributed by atoms with E-state index in [-0.39, 0.29) is 35.7 Å². The van der Waals surface area contributed by atoms with Crippen molar-refractivity contribution < 1.29 is 22.7 Å². The molecular formula is C16H22ClF3N2O2. The fourth-order valence-electron chi connectivity index (χ4n) is 2.45. The molecule has 1 aromatic rings. The normalized spacial score (nSPS) is 17.8. The van der Waals surface area contributed by atoms with Crippen LogP contribution in [0, 0.1) is 5.92 Å². The van der Waals surface area contributed by atoms with Gasteiger partial charge in [-0.3, -0.25) is 4.79 Å². The second-order valence-corrected chi connectivity index (χ2v) is 5.59. The molecule has 1 amide bonds. The van der Waals surface area contributed by atoms with Gasteiger partial charge in [-0.25, -0.2) is 0 Å². The van der Waals surface area contributed by atoms with E-state index in [1.54, 1.807) is 0 Å². The smallest absolute Gasteiger partial charge is 0.416 e. The lowest BCUT2D eigenvalue weighted by molar-refractivity contribution is -0.137. The molecule has 2 N–H and O–H groups in total. The number of piperidine rings is 1. The number of alkyl halides is 3. The van der Waals surface area contributed by atoms with Crippen LogP contribution in [-0.4, -0.2) is 25.6 Å². The van der Waals surface area contributed by atoms with E-state index in [1.165, 1.54) is 6.07 Å². The number of halogens is 4. The van der Waals surface area contributed by atoms with Gasteiger partial charge < -0.3 is 15.4 Å². The molecule has 0 aliphatic carbocycles. The summed E-state index contributed by atoms with van der Waals surface area (Å²) in [6.07, 6.45) is -2.14. The fourth-order valence-corrected chi connectivity index (χ4v) is 2.45. The van der Waals surface area contributed by atoms with E-state index in [0.29, 0.717) is 13.2 Å². The summed E-state index contributed by atoms with van der Waals surface area (Å²) in [4.78, 5) is 12.3. The van der Waals surface area contributed by atoms with Gasteiger partial charge >= 0.3 is 6.18 Å². The Morgan fingerprint density at radius 1 is 1.42 bits per heavy atom. The molecule has 8 heteroatoms. The largest absolute Gasteiger partial charge is 0.491 e. The summed E-state index contributed by atoms with van der Waals surface area (Å²) < 4.78 is 44.1. The van der Waals surface area contributed by atoms with Crippen LogP contribution in [0.15, 0.2) is 18.2 Å². The zero-order valence-electron chi connectivity index (χ0n) is 13.4. The highest BCUT2D eigenvalue weighted by atomic mass is 35.5. The summed E-state index contributed by atoms with van der Waals surface area (Å²) in [6.45, 7) is 3.67. The van der Waals surface area contributed by atoms with E-state index >= 15 is 0 Å². The Labute approximate surface area is 145 Å². The average Bonchev–Trinajstić information content (AvgIpc) is 2.53. The van der Waals surface area contributed by atoms with Crippen LogP contribution in [0.2, 0.25) is 0 Å². The summed E-state index contributed by atoms with van der Waals surface area (Å²) in [5, 5.41) is 5.71. The van der Waals surface area contributed by atoms with Gasteiger partial charge in [0.05, 0.1) is 23.8 Å². The minimum Gasteiger partial charge on any atom is -0.491 e. The fraction of sp³-hybridized carbons (Fsp3) is 0.562. The Morgan fingerprint density at radius 2 is 2.17 bits per heavy atom. The van der Waals surface area contributed by atoms with Crippen LogP contribution in [-0.2, 0) is 11.0 Å². The van der Waals surface area contributed by atoms with Crippen LogP contribution in [0.25, 0.3) is 0 Å². The third-order valence-corrected chi connectivity index (χ3v) is 3.69. The third-order valence-electron chi connectivity index (χ3n) is 3.69. The van der Waals surface area contributed by atoms with E-state index in [2.05, 4.69) is 10.6 Å². The molecule has 1 aliphatic rings. The lowest BCUT2D eigenvalue weighted by Gasteiger charge is -2.23. The maximum absolute atomic E-state index is 12.9. The van der Waals surface area contributed by atoms with Crippen molar-refractivity contribution in [1.29, 1.82) is 0 Å². The number of nitrogens with one attached hydrogen (secondary N) is 2. The van der Waals surface area contributed by atoms with Gasteiger partial charge in [0.2, 0.25) is 5.91 Å². The van der Waals surface area contributed by atoms with Crippen LogP contribution in [0.3, 0.4) is 0 Å². The topological polar surface area (TPSA) is 50.4 Å². The Morgan fingerprint density at radius 3 is 2.75 bits per heavy atom. The molecule has 0 radical (unpaired) electrons. The zero-order chi connectivity index (χ0) is 16.9. The lowest BCUT2D eigenvalue weighted by Crippen LogP contribution is -2.37. The number of amides is 1. The third kappa shape index (κ3) is 5.56. The highest BCUT2D eigenvalue weighted by molar-refractivity contribution is 5.94. The number of anilines is 1. The first kappa shape index (κ1) is 20.6. The van der Waals surface area contributed by atoms with Crippen molar-refractivity contribution in [1.82, 2.24) is 5.32 Å². The van der Waals surface area contributed by atoms with Crippen molar-refractivity contribution in [3.05, 3.63) is 23.8 Å². The molecule has 1 saturated heterocycles. The molecule has 1 fully saturated rings. The van der Waals surface area contributed by atoms with E-state index < -0.39 is 11.7 Å². The summed E-state index contributed by atoms with van der Waals surface area (Å²) in [5.41, 5.74) is -0.734. The molecule has 1 aliphatic heterocycles. The predicted molar refractivity (Wildman–Crippen MR) is 88.7 cm³/mol. The van der Waals surface area contributed by atoms with E-state index in [0.717, 1.165) is 37.9 Å². The molecule has 4 nitrogen and oxygen atoms in total. The van der Waals surface area contributed by atoms with Crippen molar-refractivity contribution in [2.24, 2.45) is 5.92 Å². The number of ether oxygens (including phenoxy) is 1. The SMILES string of the molecule is CCCOc1ccc(C(F)(F)F)cc1NC(=O)C1CCCNC1.Cl. The van der Waals surface area contributed by atoms with Crippen molar-refractivity contribution in [3.8, 4) is 5.75 Å². The van der Waals surface area contributed by atoms with Crippen molar-refractivity contribution in [2.75, 3.05) is 25.0 Å². The van der Waals surface area contributed by atoms with Gasteiger partial charge in [-0.05, 0) is 44.0 Å². The van der Waals surface area contributed by atoms with Gasteiger partial charge in [-0.2, -0.15) is 13.2 Å². The first-order valence-electron chi connectivity index (χ1n) is 7.77. The molecule has 0 bridgehead atoms. The highest BCUT2D eigenvalue weighted by Gasteiger charge is 2.32.